The molecule has 3 rings (SSSR count). The minimum atomic E-state index is -0.276. The first-order valence-electron chi connectivity index (χ1n) is 7.21. The highest BCUT2D eigenvalue weighted by atomic mass is 35.5. The summed E-state index contributed by atoms with van der Waals surface area (Å²) in [5.41, 5.74) is 2.97. The van der Waals surface area contributed by atoms with Gasteiger partial charge in [-0.3, -0.25) is 4.98 Å². The van der Waals surface area contributed by atoms with Gasteiger partial charge in [0, 0.05) is 28.5 Å². The predicted molar refractivity (Wildman–Crippen MR) is 111 cm³/mol. The normalized spacial score (nSPS) is 11.0. The van der Waals surface area contributed by atoms with E-state index in [0.717, 1.165) is 0 Å². The standard InChI is InChI=1S/C18H9Cl6NO/c19-12-4-16(23)14(21)2-9(12)8-1-11(18(7-26)25-6-8)10-3-15(22)17(24)5-13(10)20/h1-6,26H,7H2. The molecule has 0 bridgehead atoms. The molecule has 1 N–H and O–H groups in total. The van der Waals surface area contributed by atoms with Crippen molar-refractivity contribution in [2.75, 3.05) is 0 Å². The quantitative estimate of drug-likeness (QED) is 0.398. The molecule has 0 spiro atoms. The van der Waals surface area contributed by atoms with Crippen molar-refractivity contribution in [1.29, 1.82) is 0 Å². The van der Waals surface area contributed by atoms with E-state index in [1.54, 1.807) is 36.5 Å². The zero-order valence-corrected chi connectivity index (χ0v) is 17.4. The Balaban J connectivity index is 2.23. The number of hydrogen-bond acceptors (Lipinski definition) is 2. The second-order valence-electron chi connectivity index (χ2n) is 5.37. The van der Waals surface area contributed by atoms with Crippen molar-refractivity contribution in [3.05, 3.63) is 72.4 Å². The van der Waals surface area contributed by atoms with E-state index in [-0.39, 0.29) is 6.61 Å². The molecular weight excluding hydrogens is 459 g/mol. The number of rotatable bonds is 3. The number of hydrogen-bond donors (Lipinski definition) is 1. The monoisotopic (exact) mass is 465 g/mol. The van der Waals surface area contributed by atoms with Gasteiger partial charge in [0.25, 0.3) is 0 Å². The highest BCUT2D eigenvalue weighted by Gasteiger charge is 2.16. The van der Waals surface area contributed by atoms with Crippen LogP contribution in [0.2, 0.25) is 30.1 Å². The minimum absolute atomic E-state index is 0.276. The van der Waals surface area contributed by atoms with Gasteiger partial charge >= 0.3 is 0 Å². The smallest absolute Gasteiger partial charge is 0.0859 e. The summed E-state index contributed by atoms with van der Waals surface area (Å²) in [5, 5.41) is 11.9. The number of aliphatic hydroxyl groups is 1. The fourth-order valence-electron chi connectivity index (χ4n) is 2.47. The van der Waals surface area contributed by atoms with Gasteiger partial charge in [-0.25, -0.2) is 0 Å². The van der Waals surface area contributed by atoms with Gasteiger partial charge in [0.05, 0.1) is 42.4 Å². The summed E-state index contributed by atoms with van der Waals surface area (Å²) in [6.45, 7) is -0.276. The van der Waals surface area contributed by atoms with Gasteiger partial charge in [-0.2, -0.15) is 0 Å². The molecule has 0 amide bonds. The molecule has 26 heavy (non-hydrogen) atoms. The maximum absolute atomic E-state index is 9.66. The lowest BCUT2D eigenvalue weighted by atomic mass is 9.99. The molecule has 2 aromatic carbocycles. The van der Waals surface area contributed by atoms with Crippen LogP contribution in [0.1, 0.15) is 5.69 Å². The van der Waals surface area contributed by atoms with Gasteiger partial charge in [0.2, 0.25) is 0 Å². The fraction of sp³-hybridized carbons (Fsp3) is 0.0556. The predicted octanol–water partition coefficient (Wildman–Crippen LogP) is 7.83. The molecule has 0 saturated carbocycles. The highest BCUT2D eigenvalue weighted by Crippen LogP contribution is 2.40. The van der Waals surface area contributed by atoms with Gasteiger partial charge in [-0.15, -0.1) is 0 Å². The Bertz CT molecular complexity index is 1010. The molecule has 0 fully saturated rings. The summed E-state index contributed by atoms with van der Waals surface area (Å²) in [6.07, 6.45) is 1.59. The number of benzene rings is 2. The third-order valence-corrected chi connectivity index (χ3v) is 5.81. The van der Waals surface area contributed by atoms with Crippen LogP contribution in [-0.4, -0.2) is 10.1 Å². The van der Waals surface area contributed by atoms with Crippen LogP contribution >= 0.6 is 69.6 Å². The highest BCUT2D eigenvalue weighted by molar-refractivity contribution is 6.44. The number of nitrogens with zero attached hydrogens (tertiary/aromatic N) is 1. The topological polar surface area (TPSA) is 33.1 Å². The Morgan fingerprint density at radius 3 is 1.69 bits per heavy atom. The Labute approximate surface area is 180 Å². The van der Waals surface area contributed by atoms with E-state index in [9.17, 15) is 5.11 Å². The molecular formula is C18H9Cl6NO. The van der Waals surface area contributed by atoms with Crippen LogP contribution in [0.15, 0.2) is 36.5 Å². The van der Waals surface area contributed by atoms with Gasteiger partial charge < -0.3 is 5.11 Å². The van der Waals surface area contributed by atoms with E-state index >= 15 is 0 Å². The Morgan fingerprint density at radius 2 is 1.12 bits per heavy atom. The van der Waals surface area contributed by atoms with Gasteiger partial charge in [0.1, 0.15) is 0 Å². The summed E-state index contributed by atoms with van der Waals surface area (Å²) in [5.74, 6) is 0. The van der Waals surface area contributed by atoms with Crippen LogP contribution in [0.3, 0.4) is 0 Å². The molecule has 0 aliphatic carbocycles. The van der Waals surface area contributed by atoms with E-state index in [2.05, 4.69) is 4.98 Å². The molecule has 134 valence electrons. The number of pyridine rings is 1. The first kappa shape index (κ1) is 20.0. The molecule has 0 radical (unpaired) electrons. The van der Waals surface area contributed by atoms with E-state index in [1.807, 2.05) is 0 Å². The number of aromatic nitrogens is 1. The van der Waals surface area contributed by atoms with E-state index < -0.39 is 0 Å². The third-order valence-electron chi connectivity index (χ3n) is 3.74. The first-order valence-corrected chi connectivity index (χ1v) is 9.48. The van der Waals surface area contributed by atoms with E-state index in [0.29, 0.717) is 58.1 Å². The SMILES string of the molecule is OCc1ncc(-c2cc(Cl)c(Cl)cc2Cl)cc1-c1cc(Cl)c(Cl)cc1Cl. The van der Waals surface area contributed by atoms with Crippen LogP contribution in [-0.2, 0) is 6.61 Å². The molecule has 0 aliphatic heterocycles. The molecule has 0 atom stereocenters. The lowest BCUT2D eigenvalue weighted by Crippen LogP contribution is -1.96. The summed E-state index contributed by atoms with van der Waals surface area (Å²) >= 11 is 36.9. The van der Waals surface area contributed by atoms with Gasteiger partial charge in [0.15, 0.2) is 0 Å². The van der Waals surface area contributed by atoms with Crippen molar-refractivity contribution in [3.63, 3.8) is 0 Å². The maximum Gasteiger partial charge on any atom is 0.0859 e. The number of halogens is 6. The van der Waals surface area contributed by atoms with Crippen LogP contribution in [0.5, 0.6) is 0 Å². The number of aliphatic hydroxyl groups excluding tert-OH is 1. The van der Waals surface area contributed by atoms with Crippen molar-refractivity contribution < 1.29 is 5.11 Å². The van der Waals surface area contributed by atoms with Crippen LogP contribution in [0.25, 0.3) is 22.3 Å². The minimum Gasteiger partial charge on any atom is -0.390 e. The van der Waals surface area contributed by atoms with Crippen molar-refractivity contribution in [1.82, 2.24) is 4.98 Å². The second-order valence-corrected chi connectivity index (χ2v) is 7.81. The lowest BCUT2D eigenvalue weighted by Gasteiger charge is -2.13. The first-order chi connectivity index (χ1) is 12.3. The summed E-state index contributed by atoms with van der Waals surface area (Å²) in [4.78, 5) is 4.32. The Hall–Kier alpha value is -0.710. The Kier molecular flexibility index (Phi) is 6.25. The average molecular weight is 468 g/mol. The lowest BCUT2D eigenvalue weighted by molar-refractivity contribution is 0.277. The van der Waals surface area contributed by atoms with E-state index in [4.69, 9.17) is 69.6 Å². The molecule has 8 heteroatoms. The zero-order chi connectivity index (χ0) is 19.0. The second kappa shape index (κ2) is 8.12. The molecule has 1 heterocycles. The van der Waals surface area contributed by atoms with Crippen molar-refractivity contribution in [3.8, 4) is 22.3 Å². The molecule has 0 unspecified atom stereocenters. The molecule has 0 saturated heterocycles. The van der Waals surface area contributed by atoms with Crippen molar-refractivity contribution in [2.24, 2.45) is 0 Å². The Morgan fingerprint density at radius 1 is 0.615 bits per heavy atom. The van der Waals surface area contributed by atoms with Crippen LogP contribution in [0, 0.1) is 0 Å². The zero-order valence-electron chi connectivity index (χ0n) is 12.8. The van der Waals surface area contributed by atoms with E-state index in [1.165, 1.54) is 0 Å². The maximum atomic E-state index is 9.66. The van der Waals surface area contributed by atoms with Gasteiger partial charge in [-0.1, -0.05) is 69.6 Å². The fourth-order valence-corrected chi connectivity index (χ4v) is 3.78. The molecule has 1 aromatic heterocycles. The average Bonchev–Trinajstić information content (AvgIpc) is 2.61. The van der Waals surface area contributed by atoms with Crippen LogP contribution in [0.4, 0.5) is 0 Å². The van der Waals surface area contributed by atoms with Crippen LogP contribution < -0.4 is 0 Å². The third kappa shape index (κ3) is 3.93. The van der Waals surface area contributed by atoms with Crippen molar-refractivity contribution in [2.45, 2.75) is 6.61 Å². The summed E-state index contributed by atoms with van der Waals surface area (Å²) in [7, 11) is 0. The molecule has 0 aliphatic rings. The molecule has 2 nitrogen and oxygen atoms in total. The molecule has 3 aromatic rings. The van der Waals surface area contributed by atoms with Gasteiger partial charge in [-0.05, 0) is 30.3 Å². The summed E-state index contributed by atoms with van der Waals surface area (Å²) < 4.78 is 0. The largest absolute Gasteiger partial charge is 0.390 e. The summed E-state index contributed by atoms with van der Waals surface area (Å²) in [6, 6.07) is 8.19. The van der Waals surface area contributed by atoms with Crippen molar-refractivity contribution >= 4 is 69.6 Å².